The van der Waals surface area contributed by atoms with Crippen molar-refractivity contribution < 1.29 is 42.9 Å². The van der Waals surface area contributed by atoms with E-state index < -0.39 is 24.3 Å². The van der Waals surface area contributed by atoms with Crippen molar-refractivity contribution in [2.45, 2.75) is 411 Å². The molecule has 0 rings (SSSR count). The molecule has 2 unspecified atom stereocenters. The summed E-state index contributed by atoms with van der Waals surface area (Å²) < 4.78 is 23.1. The molecule has 9 heteroatoms. The predicted molar refractivity (Wildman–Crippen MR) is 456 cm³/mol. The number of unbranched alkanes of at least 4 members (excludes halogenated alkanes) is 45. The molecule has 0 radical (unpaired) electrons. The summed E-state index contributed by atoms with van der Waals surface area (Å²) in [7, 11) is 5.98. The number of carboxylic acid groups (broad SMARTS) is 1. The summed E-state index contributed by atoms with van der Waals surface area (Å²) in [5, 5.41) is 9.79. The van der Waals surface area contributed by atoms with Gasteiger partial charge in [0.2, 0.25) is 0 Å². The Kier molecular flexibility index (Phi) is 81.3. The van der Waals surface area contributed by atoms with Gasteiger partial charge in [0.05, 0.1) is 34.4 Å². The van der Waals surface area contributed by atoms with E-state index in [2.05, 4.69) is 148 Å². The van der Waals surface area contributed by atoms with Crippen LogP contribution in [-0.2, 0) is 33.3 Å². The van der Waals surface area contributed by atoms with E-state index in [0.717, 1.165) is 116 Å². The molecule has 0 heterocycles. The van der Waals surface area contributed by atoms with Crippen LogP contribution in [0.15, 0.2) is 134 Å². The molecule has 0 aliphatic carbocycles. The molecule has 0 aliphatic rings. The Hall–Kier alpha value is -4.57. The van der Waals surface area contributed by atoms with Crippen LogP contribution in [0, 0.1) is 0 Å². The largest absolute Gasteiger partial charge is 0.477 e. The number of hydrogen-bond acceptors (Lipinski definition) is 7. The van der Waals surface area contributed by atoms with Gasteiger partial charge in [-0.3, -0.25) is 9.59 Å². The van der Waals surface area contributed by atoms with Crippen LogP contribution < -0.4 is 0 Å². The summed E-state index contributed by atoms with van der Waals surface area (Å²) in [5.41, 5.74) is 0. The maximum atomic E-state index is 13.0. The monoisotopic (exact) mass is 1460 g/mol. The maximum absolute atomic E-state index is 13.0. The lowest BCUT2D eigenvalue weighted by Crippen LogP contribution is -2.40. The molecule has 0 aliphatic heterocycles. The summed E-state index contributed by atoms with van der Waals surface area (Å²) in [5.74, 6) is -2.01. The number of ether oxygens (including phenoxy) is 4. The molecule has 0 spiro atoms. The molecule has 9 nitrogen and oxygen atoms in total. The number of carbonyl (C=O) groups excluding carboxylic acids is 2. The first kappa shape index (κ1) is 100. The van der Waals surface area contributed by atoms with Crippen LogP contribution in [0.2, 0.25) is 0 Å². The fourth-order valence-electron chi connectivity index (χ4n) is 12.7. The van der Waals surface area contributed by atoms with E-state index in [-0.39, 0.29) is 32.2 Å². The normalized spacial score (nSPS) is 13.3. The van der Waals surface area contributed by atoms with Gasteiger partial charge in [0, 0.05) is 12.8 Å². The third-order valence-electron chi connectivity index (χ3n) is 19.4. The van der Waals surface area contributed by atoms with Crippen molar-refractivity contribution >= 4 is 17.9 Å². The first-order valence-corrected chi connectivity index (χ1v) is 44.3. The number of aliphatic carboxylic acids is 1. The number of allylic oxidation sites excluding steroid dienone is 22. The van der Waals surface area contributed by atoms with Crippen molar-refractivity contribution in [1.29, 1.82) is 0 Å². The van der Waals surface area contributed by atoms with Gasteiger partial charge in [-0.25, -0.2) is 4.79 Å². The molecule has 0 amide bonds. The topological polar surface area (TPSA) is 108 Å². The molecule has 0 aromatic carbocycles. The first-order chi connectivity index (χ1) is 51.6. The van der Waals surface area contributed by atoms with E-state index in [9.17, 15) is 19.5 Å². The maximum Gasteiger partial charge on any atom is 0.361 e. The number of nitrogens with zero attached hydrogens (tertiary/aromatic N) is 1. The van der Waals surface area contributed by atoms with E-state index >= 15 is 0 Å². The number of carbonyl (C=O) groups is 3. The zero-order chi connectivity index (χ0) is 76.0. The number of quaternary nitrogens is 1. The molecule has 1 N–H and O–H groups in total. The SMILES string of the molecule is CC/C=C\C/C=C\C/C=C\C/C=C\C/C=C\C/C=C\C/C=C\C/C=C\C/C=C\C/C=C\C/C=C\CCCCCCCCCC(=O)OC(COC(=O)CCCCCCCCCCCCCCCCCCCCCCCCCCCCCCCCCCCCCCCCC)COC(OCC[N+](C)(C)C)C(=O)O. The summed E-state index contributed by atoms with van der Waals surface area (Å²) in [6, 6.07) is 0. The molecule has 105 heavy (non-hydrogen) atoms. The minimum Gasteiger partial charge on any atom is -0.477 e. The third kappa shape index (κ3) is 86.5. The fourth-order valence-corrected chi connectivity index (χ4v) is 12.7. The highest BCUT2D eigenvalue weighted by Gasteiger charge is 2.25. The van der Waals surface area contributed by atoms with E-state index in [1.807, 2.05) is 21.1 Å². The molecule has 604 valence electrons. The van der Waals surface area contributed by atoms with Crippen molar-refractivity contribution in [3.8, 4) is 0 Å². The lowest BCUT2D eigenvalue weighted by atomic mass is 10.0. The predicted octanol–water partition coefficient (Wildman–Crippen LogP) is 29.2. The van der Waals surface area contributed by atoms with E-state index in [0.29, 0.717) is 23.9 Å². The van der Waals surface area contributed by atoms with Crippen molar-refractivity contribution in [3.63, 3.8) is 0 Å². The number of likely N-dealkylation sites (N-methyl/N-ethyl adjacent to an activating group) is 1. The van der Waals surface area contributed by atoms with Gasteiger partial charge in [-0.2, -0.15) is 0 Å². The average Bonchev–Trinajstić information content (AvgIpc) is 1.18. The molecule has 0 bridgehead atoms. The number of hydrogen-bond donors (Lipinski definition) is 1. The van der Waals surface area contributed by atoms with Gasteiger partial charge in [0.25, 0.3) is 6.29 Å². The first-order valence-electron chi connectivity index (χ1n) is 44.3. The fraction of sp³-hybridized carbons (Fsp3) is 0.740. The average molecular weight is 1460 g/mol. The Morgan fingerprint density at radius 3 is 0.810 bits per heavy atom. The third-order valence-corrected chi connectivity index (χ3v) is 19.4. The van der Waals surface area contributed by atoms with Crippen LogP contribution >= 0.6 is 0 Å². The van der Waals surface area contributed by atoms with Gasteiger partial charge in [0.1, 0.15) is 13.2 Å². The lowest BCUT2D eigenvalue weighted by Gasteiger charge is -2.25. The van der Waals surface area contributed by atoms with Crippen LogP contribution in [-0.4, -0.2) is 87.4 Å². The lowest BCUT2D eigenvalue weighted by molar-refractivity contribution is -0.870. The van der Waals surface area contributed by atoms with E-state index in [1.54, 1.807) is 0 Å². The second-order valence-corrected chi connectivity index (χ2v) is 30.8. The van der Waals surface area contributed by atoms with Crippen molar-refractivity contribution in [2.24, 2.45) is 0 Å². The second-order valence-electron chi connectivity index (χ2n) is 30.8. The Morgan fingerprint density at radius 2 is 0.543 bits per heavy atom. The second kappa shape index (κ2) is 85.0. The van der Waals surface area contributed by atoms with Crippen LogP contribution in [0.4, 0.5) is 0 Å². The molecular weight excluding hydrogens is 1300 g/mol. The van der Waals surface area contributed by atoms with Crippen molar-refractivity contribution in [1.82, 2.24) is 0 Å². The minimum atomic E-state index is -1.52. The van der Waals surface area contributed by atoms with Crippen LogP contribution in [0.5, 0.6) is 0 Å². The Morgan fingerprint density at radius 1 is 0.295 bits per heavy atom. The van der Waals surface area contributed by atoms with Gasteiger partial charge in [-0.15, -0.1) is 0 Å². The van der Waals surface area contributed by atoms with Gasteiger partial charge in [0.15, 0.2) is 6.10 Å². The molecular formula is C96H168NO8+. The highest BCUT2D eigenvalue weighted by Crippen LogP contribution is 2.20. The van der Waals surface area contributed by atoms with Crippen molar-refractivity contribution in [2.75, 3.05) is 47.5 Å². The zero-order valence-corrected chi connectivity index (χ0v) is 69.4. The van der Waals surface area contributed by atoms with Crippen LogP contribution in [0.1, 0.15) is 399 Å². The Labute approximate surface area is 650 Å². The quantitative estimate of drug-likeness (QED) is 0.0211. The van der Waals surface area contributed by atoms with Gasteiger partial charge in [-0.1, -0.05) is 424 Å². The summed E-state index contributed by atoms with van der Waals surface area (Å²) >= 11 is 0. The minimum absolute atomic E-state index is 0.181. The molecule has 2 atom stereocenters. The molecule has 0 aromatic heterocycles. The van der Waals surface area contributed by atoms with E-state index in [1.165, 1.54) is 250 Å². The van der Waals surface area contributed by atoms with E-state index in [4.69, 9.17) is 18.9 Å². The Bertz CT molecular complexity index is 2200. The summed E-state index contributed by atoms with van der Waals surface area (Å²) in [6.07, 6.45) is 121. The summed E-state index contributed by atoms with van der Waals surface area (Å²) in [4.78, 5) is 37.8. The van der Waals surface area contributed by atoms with Gasteiger partial charge < -0.3 is 28.5 Å². The number of carboxylic acids is 1. The zero-order valence-electron chi connectivity index (χ0n) is 69.4. The highest BCUT2D eigenvalue weighted by molar-refractivity contribution is 5.71. The molecule has 0 fully saturated rings. The Balaban J connectivity index is 4.03. The molecule has 0 saturated carbocycles. The standard InChI is InChI=1S/C96H167NO8/c1-6-8-10-12-14-16-18-20-22-24-26-28-30-32-34-36-38-40-42-44-46-47-49-51-53-55-57-59-61-63-65-67-69-71-73-75-77-79-81-83-85-87-94(99)105-92(91-104-96(95(100)101)102-89-88-97(3,4)5)90-103-93(98)86-84-82-80-78-76-74-72-70-68-66-64-62-60-58-56-54-52-50-48-45-43-41-39-37-35-33-31-29-27-25-23-21-19-17-15-13-11-9-7-2/h8,10,14,16,20,22,26,28,32,34,38,40,44,46,49,51,55,57,61,63,67,69,92,96H,6-7,9,11-13,15,17-19,21,23-25,27,29-31,33,35-37,39,41-43,45,47-48,50,52-54,56,58-60,62,64-66,68,70-91H2,1-5H3/p+1/b10-8-,16-14-,22-20-,28-26-,34-32-,40-38-,46-44-,51-49-,57-55-,63-61-,69-67-. The number of rotatable bonds is 82. The molecule has 0 saturated heterocycles. The van der Waals surface area contributed by atoms with Gasteiger partial charge in [-0.05, 0) is 96.3 Å². The molecule has 0 aromatic rings. The van der Waals surface area contributed by atoms with Crippen LogP contribution in [0.3, 0.4) is 0 Å². The summed E-state index contributed by atoms with van der Waals surface area (Å²) in [6.45, 7) is 4.79. The van der Waals surface area contributed by atoms with Crippen molar-refractivity contribution in [3.05, 3.63) is 134 Å². The van der Waals surface area contributed by atoms with Crippen LogP contribution in [0.25, 0.3) is 0 Å². The smallest absolute Gasteiger partial charge is 0.361 e. The highest BCUT2D eigenvalue weighted by atomic mass is 16.7. The number of esters is 2. The van der Waals surface area contributed by atoms with Gasteiger partial charge >= 0.3 is 17.9 Å².